The molecule has 0 bridgehead atoms. The average Bonchev–Trinajstić information content (AvgIpc) is 2.94. The van der Waals surface area contributed by atoms with Gasteiger partial charge in [0.2, 0.25) is 5.75 Å². The van der Waals surface area contributed by atoms with E-state index in [9.17, 15) is 9.90 Å². The Balaban J connectivity index is 2.06. The van der Waals surface area contributed by atoms with Crippen LogP contribution in [0.3, 0.4) is 0 Å². The predicted molar refractivity (Wildman–Crippen MR) is 83.8 cm³/mol. The molecule has 2 heterocycles. The molecule has 1 N–H and O–H groups in total. The standard InChI is InChI=1S/C17H22O7/c1-8(18)5-9-6-12-14(23-9)10-7-11(20-2)15(21-3)16(22-4)13(10)17(19)24-12/h7-9,12,14,18H,5-6H2,1-4H3/t8-,9-,12+,14+/m0/s1. The zero-order chi connectivity index (χ0) is 17.4. The van der Waals surface area contributed by atoms with Crippen LogP contribution in [0, 0.1) is 0 Å². The lowest BCUT2D eigenvalue weighted by Crippen LogP contribution is -2.29. The summed E-state index contributed by atoms with van der Waals surface area (Å²) in [6.45, 7) is 1.71. The normalized spacial score (nSPS) is 26.2. The Kier molecular flexibility index (Phi) is 4.56. The van der Waals surface area contributed by atoms with E-state index in [2.05, 4.69) is 0 Å². The lowest BCUT2D eigenvalue weighted by molar-refractivity contribution is -0.0294. The van der Waals surface area contributed by atoms with Gasteiger partial charge in [0, 0.05) is 12.0 Å². The van der Waals surface area contributed by atoms with Crippen LogP contribution in [-0.4, -0.2) is 50.7 Å². The van der Waals surface area contributed by atoms with Crippen molar-refractivity contribution in [3.8, 4) is 17.2 Å². The SMILES string of the molecule is COc1cc2c(c(OC)c1OC)C(=O)O[C@@H]1C[C@H](C[C@H](C)O)O[C@H]21. The van der Waals surface area contributed by atoms with E-state index in [0.717, 1.165) is 0 Å². The number of fused-ring (bicyclic) bond motifs is 3. The summed E-state index contributed by atoms with van der Waals surface area (Å²) in [4.78, 5) is 12.5. The van der Waals surface area contributed by atoms with Gasteiger partial charge in [-0.05, 0) is 19.4 Å². The van der Waals surface area contributed by atoms with Crippen molar-refractivity contribution in [1.29, 1.82) is 0 Å². The van der Waals surface area contributed by atoms with Crippen LogP contribution in [0.1, 0.15) is 41.8 Å². The second kappa shape index (κ2) is 6.49. The Hall–Kier alpha value is -1.99. The van der Waals surface area contributed by atoms with E-state index in [1.54, 1.807) is 13.0 Å². The first kappa shape index (κ1) is 16.9. The quantitative estimate of drug-likeness (QED) is 0.820. The van der Waals surface area contributed by atoms with Crippen LogP contribution >= 0.6 is 0 Å². The third-order valence-electron chi connectivity index (χ3n) is 4.41. The van der Waals surface area contributed by atoms with Gasteiger partial charge in [-0.2, -0.15) is 0 Å². The Morgan fingerprint density at radius 1 is 1.25 bits per heavy atom. The molecule has 1 aromatic carbocycles. The molecule has 0 aromatic heterocycles. The van der Waals surface area contributed by atoms with Crippen molar-refractivity contribution in [2.75, 3.05) is 21.3 Å². The maximum atomic E-state index is 12.5. The maximum absolute atomic E-state index is 12.5. The number of aliphatic hydroxyl groups is 1. The third kappa shape index (κ3) is 2.67. The topological polar surface area (TPSA) is 83.5 Å². The molecule has 7 nitrogen and oxygen atoms in total. The molecule has 1 aromatic rings. The summed E-state index contributed by atoms with van der Waals surface area (Å²) in [7, 11) is 4.46. The number of carbonyl (C=O) groups is 1. The number of ether oxygens (including phenoxy) is 5. The Bertz CT molecular complexity index is 640. The largest absolute Gasteiger partial charge is 0.493 e. The average molecular weight is 338 g/mol. The maximum Gasteiger partial charge on any atom is 0.342 e. The molecule has 7 heteroatoms. The minimum atomic E-state index is -0.481. The molecule has 0 radical (unpaired) electrons. The highest BCUT2D eigenvalue weighted by molar-refractivity contribution is 5.97. The molecule has 3 rings (SSSR count). The van der Waals surface area contributed by atoms with Gasteiger partial charge >= 0.3 is 5.97 Å². The molecule has 2 aliphatic heterocycles. The summed E-state index contributed by atoms with van der Waals surface area (Å²) in [6.07, 6.45) is -0.392. The zero-order valence-corrected chi connectivity index (χ0v) is 14.2. The van der Waals surface area contributed by atoms with Crippen LogP contribution in [0.15, 0.2) is 6.07 Å². The number of rotatable bonds is 5. The van der Waals surface area contributed by atoms with E-state index in [-0.39, 0.29) is 18.0 Å². The first-order valence-corrected chi connectivity index (χ1v) is 7.87. The van der Waals surface area contributed by atoms with E-state index in [1.165, 1.54) is 21.3 Å². The minimum Gasteiger partial charge on any atom is -0.493 e. The molecular formula is C17H22O7. The number of aliphatic hydroxyl groups excluding tert-OH is 1. The molecule has 0 saturated carbocycles. The van der Waals surface area contributed by atoms with Gasteiger partial charge in [0.05, 0.1) is 33.5 Å². The van der Waals surface area contributed by atoms with Crippen LogP contribution in [0.25, 0.3) is 0 Å². The highest BCUT2D eigenvalue weighted by Crippen LogP contribution is 2.50. The van der Waals surface area contributed by atoms with Crippen LogP contribution in [0.4, 0.5) is 0 Å². The number of carbonyl (C=O) groups excluding carboxylic acids is 1. The molecule has 1 fully saturated rings. The number of esters is 1. The van der Waals surface area contributed by atoms with Crippen LogP contribution in [-0.2, 0) is 9.47 Å². The first-order chi connectivity index (χ1) is 11.5. The third-order valence-corrected chi connectivity index (χ3v) is 4.41. The van der Waals surface area contributed by atoms with Crippen molar-refractivity contribution in [3.63, 3.8) is 0 Å². The molecule has 1 saturated heterocycles. The van der Waals surface area contributed by atoms with E-state index >= 15 is 0 Å². The molecule has 0 spiro atoms. The summed E-state index contributed by atoms with van der Waals surface area (Å²) in [5, 5.41) is 9.58. The monoisotopic (exact) mass is 338 g/mol. The van der Waals surface area contributed by atoms with Gasteiger partial charge in [0.15, 0.2) is 11.5 Å². The number of methoxy groups -OCH3 is 3. The van der Waals surface area contributed by atoms with Crippen molar-refractivity contribution in [1.82, 2.24) is 0 Å². The number of hydrogen-bond donors (Lipinski definition) is 1. The van der Waals surface area contributed by atoms with Gasteiger partial charge in [-0.25, -0.2) is 4.79 Å². The van der Waals surface area contributed by atoms with Crippen molar-refractivity contribution >= 4 is 5.97 Å². The molecule has 24 heavy (non-hydrogen) atoms. The van der Waals surface area contributed by atoms with Crippen molar-refractivity contribution in [2.24, 2.45) is 0 Å². The first-order valence-electron chi connectivity index (χ1n) is 7.87. The minimum absolute atomic E-state index is 0.169. The fraction of sp³-hybridized carbons (Fsp3) is 0.588. The van der Waals surface area contributed by atoms with Gasteiger partial charge in [0.1, 0.15) is 17.8 Å². The lowest BCUT2D eigenvalue weighted by Gasteiger charge is -2.29. The second-order valence-electron chi connectivity index (χ2n) is 6.05. The summed E-state index contributed by atoms with van der Waals surface area (Å²) in [5.74, 6) is 0.611. The van der Waals surface area contributed by atoms with Gasteiger partial charge in [-0.15, -0.1) is 0 Å². The van der Waals surface area contributed by atoms with Crippen molar-refractivity contribution < 1.29 is 33.6 Å². The summed E-state index contributed by atoms with van der Waals surface area (Å²) < 4.78 is 27.7. The Morgan fingerprint density at radius 3 is 2.54 bits per heavy atom. The van der Waals surface area contributed by atoms with Crippen LogP contribution in [0.5, 0.6) is 17.2 Å². The molecule has 0 amide bonds. The zero-order valence-electron chi connectivity index (χ0n) is 14.2. The summed E-state index contributed by atoms with van der Waals surface area (Å²) in [5.41, 5.74) is 0.966. The highest BCUT2D eigenvalue weighted by atomic mass is 16.6. The Labute approximate surface area is 140 Å². The number of benzene rings is 1. The van der Waals surface area contributed by atoms with E-state index in [0.29, 0.717) is 35.5 Å². The van der Waals surface area contributed by atoms with Crippen molar-refractivity contribution in [2.45, 2.75) is 44.2 Å². The van der Waals surface area contributed by atoms with Gasteiger partial charge in [0.25, 0.3) is 0 Å². The van der Waals surface area contributed by atoms with E-state index in [1.807, 2.05) is 0 Å². The molecule has 4 atom stereocenters. The number of hydrogen-bond acceptors (Lipinski definition) is 7. The van der Waals surface area contributed by atoms with Gasteiger partial charge in [-0.1, -0.05) is 0 Å². The summed E-state index contributed by atoms with van der Waals surface area (Å²) >= 11 is 0. The van der Waals surface area contributed by atoms with E-state index < -0.39 is 18.2 Å². The highest BCUT2D eigenvalue weighted by Gasteiger charge is 2.46. The molecular weight excluding hydrogens is 316 g/mol. The fourth-order valence-corrected chi connectivity index (χ4v) is 3.46. The molecule has 0 unspecified atom stereocenters. The second-order valence-corrected chi connectivity index (χ2v) is 6.05. The van der Waals surface area contributed by atoms with Gasteiger partial charge in [-0.3, -0.25) is 0 Å². The van der Waals surface area contributed by atoms with E-state index in [4.69, 9.17) is 23.7 Å². The van der Waals surface area contributed by atoms with Crippen molar-refractivity contribution in [3.05, 3.63) is 17.2 Å². The van der Waals surface area contributed by atoms with Crippen LogP contribution in [0.2, 0.25) is 0 Å². The molecule has 132 valence electrons. The summed E-state index contributed by atoms with van der Waals surface area (Å²) in [6, 6.07) is 1.74. The van der Waals surface area contributed by atoms with Crippen LogP contribution < -0.4 is 14.2 Å². The Morgan fingerprint density at radius 2 is 1.96 bits per heavy atom. The molecule has 2 aliphatic rings. The molecule has 0 aliphatic carbocycles. The predicted octanol–water partition coefficient (Wildman–Crippen LogP) is 1.85. The fourth-order valence-electron chi connectivity index (χ4n) is 3.46. The smallest absolute Gasteiger partial charge is 0.342 e. The van der Waals surface area contributed by atoms with Gasteiger partial charge < -0.3 is 28.8 Å². The lowest BCUT2D eigenvalue weighted by atomic mass is 9.93.